The molecule has 1 aliphatic heterocycles. The summed E-state index contributed by atoms with van der Waals surface area (Å²) in [5.74, 6) is -0.469. The van der Waals surface area contributed by atoms with Crippen LogP contribution in [0, 0.1) is 0 Å². The molecule has 0 bridgehead atoms. The van der Waals surface area contributed by atoms with Crippen LogP contribution < -0.4 is 4.74 Å². The van der Waals surface area contributed by atoms with Crippen molar-refractivity contribution in [3.8, 4) is 5.75 Å². The Morgan fingerprint density at radius 3 is 2.42 bits per heavy atom. The molecule has 2 amide bonds. The van der Waals surface area contributed by atoms with E-state index in [0.29, 0.717) is 37.4 Å². The first-order chi connectivity index (χ1) is 17.4. The topological polar surface area (TPSA) is 63.7 Å². The molecule has 1 fully saturated rings. The lowest BCUT2D eigenvalue weighted by Gasteiger charge is -2.12. The van der Waals surface area contributed by atoms with Gasteiger partial charge < -0.3 is 4.74 Å². The Bertz CT molecular complexity index is 1540. The molecule has 0 atom stereocenters. The molecular weight excluding hydrogens is 517 g/mol. The summed E-state index contributed by atoms with van der Waals surface area (Å²) in [6.45, 7) is 0.0992. The third kappa shape index (κ3) is 5.02. The molecule has 0 radical (unpaired) electrons. The number of rotatable bonds is 5. The summed E-state index contributed by atoms with van der Waals surface area (Å²) >= 11 is 12.9. The Hall–Kier alpha value is -3.58. The second-order valence-corrected chi connectivity index (χ2v) is 9.81. The number of amides is 2. The molecule has 5 rings (SSSR count). The Morgan fingerprint density at radius 2 is 1.64 bits per heavy atom. The first-order valence-corrected chi connectivity index (χ1v) is 12.5. The third-order valence-corrected chi connectivity index (χ3v) is 7.24. The molecule has 1 heterocycles. The molecule has 1 aliphatic rings. The van der Waals surface area contributed by atoms with Gasteiger partial charge in [0, 0.05) is 0 Å². The fraction of sp³-hybridized carbons (Fsp3) is 0.0357. The van der Waals surface area contributed by atoms with Crippen LogP contribution in [-0.4, -0.2) is 22.0 Å². The number of imide groups is 1. The molecule has 1 saturated heterocycles. The zero-order valence-electron chi connectivity index (χ0n) is 18.6. The van der Waals surface area contributed by atoms with Crippen LogP contribution in [0.15, 0.2) is 89.8 Å². The van der Waals surface area contributed by atoms with E-state index in [0.717, 1.165) is 27.4 Å². The van der Waals surface area contributed by atoms with Gasteiger partial charge in [-0.15, -0.1) is 0 Å². The molecule has 0 aromatic heterocycles. The maximum Gasteiger partial charge on any atom is 0.344 e. The summed E-state index contributed by atoms with van der Waals surface area (Å²) in [5.41, 5.74) is 1.87. The van der Waals surface area contributed by atoms with Crippen LogP contribution in [0.25, 0.3) is 16.8 Å². The SMILES string of the molecule is O=C(Oc1ccc(/C=C2\SC(=O)N(Cc3ccc(Cl)c(Cl)c3)C2=O)cc1)c1cccc2ccccc12. The Balaban J connectivity index is 1.28. The average molecular weight is 534 g/mol. The Kier molecular flexibility index (Phi) is 6.83. The standard InChI is InChI=1S/C28H17Cl2NO4S/c29-23-13-10-18(14-24(23)30)16-31-26(32)25(36-28(31)34)15-17-8-11-20(12-9-17)35-27(33)22-7-3-5-19-4-1-2-6-21(19)22/h1-15H,16H2/b25-15-. The number of hydrogen-bond donors (Lipinski definition) is 0. The third-order valence-electron chi connectivity index (χ3n) is 5.60. The predicted molar refractivity (Wildman–Crippen MR) is 143 cm³/mol. The van der Waals surface area contributed by atoms with Crippen molar-refractivity contribution < 1.29 is 19.1 Å². The molecule has 0 N–H and O–H groups in total. The van der Waals surface area contributed by atoms with Crippen LogP contribution >= 0.6 is 35.0 Å². The van der Waals surface area contributed by atoms with Crippen LogP contribution in [0.5, 0.6) is 5.75 Å². The van der Waals surface area contributed by atoms with E-state index >= 15 is 0 Å². The van der Waals surface area contributed by atoms with Gasteiger partial charge in [0.2, 0.25) is 0 Å². The number of nitrogens with zero attached hydrogens (tertiary/aromatic N) is 1. The molecule has 4 aromatic carbocycles. The van der Waals surface area contributed by atoms with E-state index in [9.17, 15) is 14.4 Å². The number of hydrogen-bond acceptors (Lipinski definition) is 5. The molecule has 8 heteroatoms. The fourth-order valence-corrected chi connectivity index (χ4v) is 4.96. The number of carbonyl (C=O) groups excluding carboxylic acids is 3. The second kappa shape index (κ2) is 10.2. The van der Waals surface area contributed by atoms with Crippen LogP contribution in [0.3, 0.4) is 0 Å². The van der Waals surface area contributed by atoms with Gasteiger partial charge >= 0.3 is 5.97 Å². The summed E-state index contributed by atoms with van der Waals surface area (Å²) < 4.78 is 5.56. The normalized spacial score (nSPS) is 14.6. The fourth-order valence-electron chi connectivity index (χ4n) is 3.81. The molecule has 0 saturated carbocycles. The number of carbonyl (C=O) groups is 3. The minimum absolute atomic E-state index is 0.0992. The first kappa shape index (κ1) is 24.1. The minimum Gasteiger partial charge on any atom is -0.423 e. The predicted octanol–water partition coefficient (Wildman–Crippen LogP) is 7.60. The van der Waals surface area contributed by atoms with Crippen molar-refractivity contribution in [2.45, 2.75) is 6.54 Å². The number of halogens is 2. The van der Waals surface area contributed by atoms with E-state index in [1.807, 2.05) is 36.4 Å². The highest BCUT2D eigenvalue weighted by Gasteiger charge is 2.35. The largest absolute Gasteiger partial charge is 0.423 e. The molecule has 0 aliphatic carbocycles. The summed E-state index contributed by atoms with van der Waals surface area (Å²) in [6, 6.07) is 24.8. The summed E-state index contributed by atoms with van der Waals surface area (Å²) in [6.07, 6.45) is 1.63. The lowest BCUT2D eigenvalue weighted by Crippen LogP contribution is -2.27. The number of fused-ring (bicyclic) bond motifs is 1. The highest BCUT2D eigenvalue weighted by molar-refractivity contribution is 8.18. The van der Waals surface area contributed by atoms with Gasteiger partial charge in [-0.25, -0.2) is 4.79 Å². The van der Waals surface area contributed by atoms with E-state index in [4.69, 9.17) is 27.9 Å². The zero-order valence-corrected chi connectivity index (χ0v) is 20.9. The summed E-state index contributed by atoms with van der Waals surface area (Å²) in [4.78, 5) is 39.5. The van der Waals surface area contributed by atoms with Gasteiger partial charge in [0.1, 0.15) is 5.75 Å². The number of esters is 1. The van der Waals surface area contributed by atoms with Crippen molar-refractivity contribution in [3.05, 3.63) is 117 Å². The molecule has 4 aromatic rings. The van der Waals surface area contributed by atoms with Gasteiger partial charge in [0.25, 0.3) is 11.1 Å². The van der Waals surface area contributed by atoms with Gasteiger partial charge in [-0.1, -0.05) is 77.8 Å². The highest BCUT2D eigenvalue weighted by atomic mass is 35.5. The van der Waals surface area contributed by atoms with Crippen LogP contribution in [0.1, 0.15) is 21.5 Å². The second-order valence-electron chi connectivity index (χ2n) is 8.00. The van der Waals surface area contributed by atoms with E-state index < -0.39 is 5.97 Å². The summed E-state index contributed by atoms with van der Waals surface area (Å²) in [5, 5.41) is 2.17. The lowest BCUT2D eigenvalue weighted by molar-refractivity contribution is -0.123. The Labute approximate surface area is 221 Å². The number of ether oxygens (including phenoxy) is 1. The molecular formula is C28H17Cl2NO4S. The number of benzene rings is 4. The molecule has 0 unspecified atom stereocenters. The first-order valence-electron chi connectivity index (χ1n) is 10.9. The van der Waals surface area contributed by atoms with Crippen LogP contribution in [-0.2, 0) is 11.3 Å². The van der Waals surface area contributed by atoms with Gasteiger partial charge in [0.05, 0.1) is 27.1 Å². The van der Waals surface area contributed by atoms with Gasteiger partial charge in [0.15, 0.2) is 0 Å². The smallest absolute Gasteiger partial charge is 0.344 e. The van der Waals surface area contributed by atoms with Crippen LogP contribution in [0.2, 0.25) is 10.0 Å². The highest BCUT2D eigenvalue weighted by Crippen LogP contribution is 2.34. The molecule has 36 heavy (non-hydrogen) atoms. The van der Waals surface area contributed by atoms with Crippen molar-refractivity contribution in [1.82, 2.24) is 4.90 Å². The maximum absolute atomic E-state index is 12.8. The van der Waals surface area contributed by atoms with Gasteiger partial charge in [-0.3, -0.25) is 14.5 Å². The van der Waals surface area contributed by atoms with E-state index in [1.165, 1.54) is 0 Å². The van der Waals surface area contributed by atoms with Crippen molar-refractivity contribution >= 4 is 68.9 Å². The van der Waals surface area contributed by atoms with Gasteiger partial charge in [-0.05, 0) is 70.1 Å². The Morgan fingerprint density at radius 1 is 0.889 bits per heavy atom. The van der Waals surface area contributed by atoms with E-state index in [-0.39, 0.29) is 17.7 Å². The minimum atomic E-state index is -0.456. The molecule has 178 valence electrons. The van der Waals surface area contributed by atoms with Crippen molar-refractivity contribution in [1.29, 1.82) is 0 Å². The quantitative estimate of drug-likeness (QED) is 0.150. The monoisotopic (exact) mass is 533 g/mol. The number of thioether (sulfide) groups is 1. The summed E-state index contributed by atoms with van der Waals surface area (Å²) in [7, 11) is 0. The van der Waals surface area contributed by atoms with Gasteiger partial charge in [-0.2, -0.15) is 0 Å². The van der Waals surface area contributed by atoms with E-state index in [2.05, 4.69) is 0 Å². The van der Waals surface area contributed by atoms with Crippen molar-refractivity contribution in [2.24, 2.45) is 0 Å². The molecule has 5 nitrogen and oxygen atoms in total. The lowest BCUT2D eigenvalue weighted by atomic mass is 10.0. The van der Waals surface area contributed by atoms with Crippen molar-refractivity contribution in [3.63, 3.8) is 0 Å². The van der Waals surface area contributed by atoms with E-state index in [1.54, 1.807) is 54.6 Å². The zero-order chi connectivity index (χ0) is 25.2. The average Bonchev–Trinajstić information content (AvgIpc) is 3.14. The van der Waals surface area contributed by atoms with Crippen LogP contribution in [0.4, 0.5) is 4.79 Å². The van der Waals surface area contributed by atoms with Crippen molar-refractivity contribution in [2.75, 3.05) is 0 Å². The maximum atomic E-state index is 12.8. The molecule has 0 spiro atoms.